The van der Waals surface area contributed by atoms with Crippen molar-refractivity contribution < 1.29 is 9.53 Å². The minimum atomic E-state index is -0.504. The predicted molar refractivity (Wildman–Crippen MR) is 50.5 cm³/mol. The third-order valence-electron chi connectivity index (χ3n) is 1.82. The molecule has 0 saturated heterocycles. The van der Waals surface area contributed by atoms with E-state index < -0.39 is 5.97 Å². The number of carbonyl (C=O) groups is 1. The van der Waals surface area contributed by atoms with Gasteiger partial charge >= 0.3 is 5.97 Å². The van der Waals surface area contributed by atoms with Crippen LogP contribution in [0.5, 0.6) is 0 Å². The zero-order chi connectivity index (χ0) is 10.7. The molecule has 76 valence electrons. The first-order valence-electron chi connectivity index (χ1n) is 4.22. The number of esters is 1. The highest BCUT2D eigenvalue weighted by molar-refractivity contribution is 5.86. The third kappa shape index (κ3) is 1.83. The van der Waals surface area contributed by atoms with Crippen molar-refractivity contribution in [2.24, 2.45) is 0 Å². The Labute approximate surface area is 85.5 Å². The fourth-order valence-electron chi connectivity index (χ4n) is 1.08. The lowest BCUT2D eigenvalue weighted by atomic mass is 10.4. The Hall–Kier alpha value is -2.24. The molecule has 0 spiro atoms. The second kappa shape index (κ2) is 3.87. The molecule has 0 bridgehead atoms. The number of pyridine rings is 1. The van der Waals surface area contributed by atoms with Crippen molar-refractivity contribution in [1.82, 2.24) is 20.0 Å². The van der Waals surface area contributed by atoms with E-state index in [9.17, 15) is 4.79 Å². The van der Waals surface area contributed by atoms with E-state index in [1.54, 1.807) is 24.5 Å². The van der Waals surface area contributed by atoms with E-state index in [4.69, 9.17) is 0 Å². The molecule has 2 aromatic heterocycles. The Kier molecular flexibility index (Phi) is 2.40. The van der Waals surface area contributed by atoms with Crippen LogP contribution < -0.4 is 0 Å². The summed E-state index contributed by atoms with van der Waals surface area (Å²) in [5, 5.41) is 7.47. The standard InChI is InChI=1S/C9H8N4O2/c1-15-9(14)8-6-13(12-11-8)7-2-4-10-5-3-7/h2-6H,1H3. The molecule has 0 N–H and O–H groups in total. The van der Waals surface area contributed by atoms with Crippen LogP contribution in [0.4, 0.5) is 0 Å². The van der Waals surface area contributed by atoms with Crippen LogP contribution in [0.1, 0.15) is 10.5 Å². The van der Waals surface area contributed by atoms with Crippen LogP contribution in [0.15, 0.2) is 30.7 Å². The van der Waals surface area contributed by atoms with Crippen molar-refractivity contribution in [3.63, 3.8) is 0 Å². The van der Waals surface area contributed by atoms with Crippen LogP contribution in [0, 0.1) is 0 Å². The summed E-state index contributed by atoms with van der Waals surface area (Å²) in [6.07, 6.45) is 4.77. The highest BCUT2D eigenvalue weighted by Crippen LogP contribution is 2.04. The van der Waals surface area contributed by atoms with Gasteiger partial charge < -0.3 is 4.74 Å². The Bertz CT molecular complexity index is 466. The van der Waals surface area contributed by atoms with E-state index in [1.165, 1.54) is 18.0 Å². The Morgan fingerprint density at radius 2 is 2.13 bits per heavy atom. The summed E-state index contributed by atoms with van der Waals surface area (Å²) in [7, 11) is 1.30. The van der Waals surface area contributed by atoms with Crippen molar-refractivity contribution in [2.75, 3.05) is 7.11 Å². The highest BCUT2D eigenvalue weighted by atomic mass is 16.5. The summed E-state index contributed by atoms with van der Waals surface area (Å²) in [5.74, 6) is -0.504. The van der Waals surface area contributed by atoms with E-state index in [0.717, 1.165) is 5.69 Å². The maximum atomic E-state index is 11.1. The molecule has 15 heavy (non-hydrogen) atoms. The van der Waals surface area contributed by atoms with E-state index >= 15 is 0 Å². The molecule has 0 atom stereocenters. The molecule has 0 aromatic carbocycles. The van der Waals surface area contributed by atoms with Gasteiger partial charge in [0.2, 0.25) is 0 Å². The minimum absolute atomic E-state index is 0.175. The van der Waals surface area contributed by atoms with Gasteiger partial charge in [0.15, 0.2) is 5.69 Å². The molecule has 0 amide bonds. The maximum Gasteiger partial charge on any atom is 0.360 e. The fraction of sp³-hybridized carbons (Fsp3) is 0.111. The quantitative estimate of drug-likeness (QED) is 0.664. The Balaban J connectivity index is 2.32. The molecule has 0 aliphatic heterocycles. The minimum Gasteiger partial charge on any atom is -0.464 e. The number of ether oxygens (including phenoxy) is 1. The molecular formula is C9H8N4O2. The van der Waals surface area contributed by atoms with Crippen molar-refractivity contribution in [2.45, 2.75) is 0 Å². The number of hydrogen-bond acceptors (Lipinski definition) is 5. The van der Waals surface area contributed by atoms with Crippen LogP contribution >= 0.6 is 0 Å². The van der Waals surface area contributed by atoms with Gasteiger partial charge in [-0.05, 0) is 12.1 Å². The van der Waals surface area contributed by atoms with Gasteiger partial charge in [-0.15, -0.1) is 5.10 Å². The molecule has 0 aliphatic rings. The molecule has 6 nitrogen and oxygen atoms in total. The van der Waals surface area contributed by atoms with E-state index in [-0.39, 0.29) is 5.69 Å². The lowest BCUT2D eigenvalue weighted by molar-refractivity contribution is 0.0594. The number of nitrogens with zero attached hydrogens (tertiary/aromatic N) is 4. The van der Waals surface area contributed by atoms with E-state index in [0.29, 0.717) is 0 Å². The van der Waals surface area contributed by atoms with Gasteiger partial charge in [0.05, 0.1) is 19.0 Å². The number of methoxy groups -OCH3 is 1. The van der Waals surface area contributed by atoms with Gasteiger partial charge in [0, 0.05) is 12.4 Å². The second-order valence-electron chi connectivity index (χ2n) is 2.75. The van der Waals surface area contributed by atoms with Gasteiger partial charge in [0.25, 0.3) is 0 Å². The van der Waals surface area contributed by atoms with Crippen LogP contribution in [0.3, 0.4) is 0 Å². The number of carbonyl (C=O) groups excluding carboxylic acids is 1. The van der Waals surface area contributed by atoms with Crippen molar-refractivity contribution in [1.29, 1.82) is 0 Å². The van der Waals surface area contributed by atoms with Crippen molar-refractivity contribution in [3.8, 4) is 5.69 Å². The molecule has 2 heterocycles. The van der Waals surface area contributed by atoms with Crippen LogP contribution in [-0.2, 0) is 4.74 Å². The predicted octanol–water partition coefficient (Wildman–Crippen LogP) is 0.449. The first-order valence-corrected chi connectivity index (χ1v) is 4.22. The molecule has 0 fully saturated rings. The zero-order valence-electron chi connectivity index (χ0n) is 7.99. The van der Waals surface area contributed by atoms with Crippen molar-refractivity contribution >= 4 is 5.97 Å². The normalized spacial score (nSPS) is 9.93. The second-order valence-corrected chi connectivity index (χ2v) is 2.75. The summed E-state index contributed by atoms with van der Waals surface area (Å²) >= 11 is 0. The largest absolute Gasteiger partial charge is 0.464 e. The SMILES string of the molecule is COC(=O)c1cn(-c2ccncc2)nn1. The van der Waals surface area contributed by atoms with E-state index in [2.05, 4.69) is 20.0 Å². The molecular weight excluding hydrogens is 196 g/mol. The Morgan fingerprint density at radius 3 is 2.80 bits per heavy atom. The maximum absolute atomic E-state index is 11.1. The monoisotopic (exact) mass is 204 g/mol. The average molecular weight is 204 g/mol. The fourth-order valence-corrected chi connectivity index (χ4v) is 1.08. The number of rotatable bonds is 2. The summed E-state index contributed by atoms with van der Waals surface area (Å²) in [6.45, 7) is 0. The van der Waals surface area contributed by atoms with Crippen LogP contribution in [0.25, 0.3) is 5.69 Å². The van der Waals surface area contributed by atoms with Gasteiger partial charge in [-0.25, -0.2) is 9.48 Å². The first-order chi connectivity index (χ1) is 7.31. The lowest BCUT2D eigenvalue weighted by Crippen LogP contribution is -2.01. The van der Waals surface area contributed by atoms with E-state index in [1.807, 2.05) is 0 Å². The lowest BCUT2D eigenvalue weighted by Gasteiger charge is -1.96. The molecule has 2 aromatic rings. The first kappa shape index (κ1) is 9.32. The molecule has 0 unspecified atom stereocenters. The number of aromatic nitrogens is 4. The van der Waals surface area contributed by atoms with Crippen molar-refractivity contribution in [3.05, 3.63) is 36.4 Å². The van der Waals surface area contributed by atoms with Gasteiger partial charge in [0.1, 0.15) is 0 Å². The third-order valence-corrected chi connectivity index (χ3v) is 1.82. The smallest absolute Gasteiger partial charge is 0.360 e. The summed E-state index contributed by atoms with van der Waals surface area (Å²) in [5.41, 5.74) is 0.960. The van der Waals surface area contributed by atoms with Gasteiger partial charge in [-0.1, -0.05) is 5.21 Å². The molecule has 6 heteroatoms. The van der Waals surface area contributed by atoms with Gasteiger partial charge in [-0.3, -0.25) is 4.98 Å². The topological polar surface area (TPSA) is 69.9 Å². The van der Waals surface area contributed by atoms with Gasteiger partial charge in [-0.2, -0.15) is 0 Å². The van der Waals surface area contributed by atoms with Crippen LogP contribution in [0.2, 0.25) is 0 Å². The number of hydrogen-bond donors (Lipinski definition) is 0. The highest BCUT2D eigenvalue weighted by Gasteiger charge is 2.10. The zero-order valence-corrected chi connectivity index (χ0v) is 7.99. The summed E-state index contributed by atoms with van der Waals surface area (Å²) in [6, 6.07) is 3.52. The summed E-state index contributed by atoms with van der Waals surface area (Å²) < 4.78 is 6.00. The Morgan fingerprint density at radius 1 is 1.40 bits per heavy atom. The summed E-state index contributed by atoms with van der Waals surface area (Å²) in [4.78, 5) is 15.0. The van der Waals surface area contributed by atoms with Crippen LogP contribution in [-0.4, -0.2) is 33.1 Å². The molecule has 0 aliphatic carbocycles. The molecule has 0 radical (unpaired) electrons. The molecule has 0 saturated carbocycles. The average Bonchev–Trinajstić information content (AvgIpc) is 2.78. The molecule has 2 rings (SSSR count).